The fourth-order valence-corrected chi connectivity index (χ4v) is 4.58. The highest BCUT2D eigenvalue weighted by Gasteiger charge is 2.39. The molecule has 140 valence electrons. The molecular formula is C21H21Cl2N3O. The Labute approximate surface area is 169 Å². The van der Waals surface area contributed by atoms with Crippen LogP contribution in [-0.2, 0) is 0 Å². The van der Waals surface area contributed by atoms with E-state index in [2.05, 4.69) is 10.3 Å². The summed E-state index contributed by atoms with van der Waals surface area (Å²) in [6.45, 7) is 3.70. The van der Waals surface area contributed by atoms with Gasteiger partial charge in [0.25, 0.3) is 5.91 Å². The lowest BCUT2D eigenvalue weighted by molar-refractivity contribution is 0.0777. The van der Waals surface area contributed by atoms with E-state index in [0.29, 0.717) is 22.6 Å². The lowest BCUT2D eigenvalue weighted by atomic mass is 10.0. The van der Waals surface area contributed by atoms with Crippen LogP contribution >= 0.6 is 24.0 Å². The van der Waals surface area contributed by atoms with Gasteiger partial charge in [-0.05, 0) is 35.6 Å². The zero-order valence-electron chi connectivity index (χ0n) is 14.7. The van der Waals surface area contributed by atoms with Gasteiger partial charge in [0.15, 0.2) is 0 Å². The molecule has 2 aliphatic heterocycles. The van der Waals surface area contributed by atoms with E-state index in [1.54, 1.807) is 0 Å². The smallest absolute Gasteiger partial charge is 0.270 e. The Balaban J connectivity index is 0.00000180. The Morgan fingerprint density at radius 2 is 1.74 bits per heavy atom. The number of fused-ring (bicyclic) bond motifs is 2. The normalized spacial score (nSPS) is 21.3. The van der Waals surface area contributed by atoms with Crippen molar-refractivity contribution in [3.63, 3.8) is 0 Å². The van der Waals surface area contributed by atoms with Crippen molar-refractivity contribution in [3.8, 4) is 11.1 Å². The lowest BCUT2D eigenvalue weighted by Gasteiger charge is -2.18. The molecule has 2 saturated heterocycles. The highest BCUT2D eigenvalue weighted by molar-refractivity contribution is 6.31. The Kier molecular flexibility index (Phi) is 4.89. The summed E-state index contributed by atoms with van der Waals surface area (Å²) < 4.78 is 0. The summed E-state index contributed by atoms with van der Waals surface area (Å²) in [7, 11) is 0. The molecule has 6 heteroatoms. The Bertz CT molecular complexity index is 974. The Morgan fingerprint density at radius 1 is 1.04 bits per heavy atom. The minimum absolute atomic E-state index is 0. The molecule has 1 amide bonds. The number of hydrogen-bond acceptors (Lipinski definition) is 2. The Hall–Kier alpha value is -2.01. The van der Waals surface area contributed by atoms with Crippen molar-refractivity contribution >= 4 is 40.8 Å². The SMILES string of the molecule is Cl.O=C(c1[nH]c2ccc(Cl)cc2c1-c1ccccc1)N1C[C@H]2CNC[C@H]2C1. The molecule has 3 aromatic rings. The monoisotopic (exact) mass is 401 g/mol. The molecule has 27 heavy (non-hydrogen) atoms. The minimum atomic E-state index is 0. The molecule has 0 bridgehead atoms. The number of nitrogens with zero attached hydrogens (tertiary/aromatic N) is 1. The molecule has 2 atom stereocenters. The second-order valence-electron chi connectivity index (χ2n) is 7.32. The van der Waals surface area contributed by atoms with Gasteiger partial charge in [-0.25, -0.2) is 0 Å². The van der Waals surface area contributed by atoms with Crippen LogP contribution in [0, 0.1) is 11.8 Å². The largest absolute Gasteiger partial charge is 0.350 e. The average Bonchev–Trinajstić information content (AvgIpc) is 3.34. The third-order valence-corrected chi connectivity index (χ3v) is 5.95. The van der Waals surface area contributed by atoms with Crippen LogP contribution in [-0.4, -0.2) is 42.0 Å². The van der Waals surface area contributed by atoms with Crippen molar-refractivity contribution in [1.82, 2.24) is 15.2 Å². The number of halogens is 2. The summed E-state index contributed by atoms with van der Waals surface area (Å²) in [5.74, 6) is 1.25. The fourth-order valence-electron chi connectivity index (χ4n) is 4.41. The molecule has 3 heterocycles. The number of benzene rings is 2. The number of carbonyl (C=O) groups excluding carboxylic acids is 1. The molecule has 0 aliphatic carbocycles. The summed E-state index contributed by atoms with van der Waals surface area (Å²) in [6.07, 6.45) is 0. The van der Waals surface area contributed by atoms with E-state index in [1.807, 2.05) is 53.4 Å². The van der Waals surface area contributed by atoms with Crippen LogP contribution in [0.4, 0.5) is 0 Å². The number of hydrogen-bond donors (Lipinski definition) is 2. The first kappa shape index (κ1) is 18.4. The molecule has 2 aliphatic rings. The van der Waals surface area contributed by atoms with Crippen molar-refractivity contribution in [2.45, 2.75) is 0 Å². The van der Waals surface area contributed by atoms with E-state index in [1.165, 1.54) is 0 Å². The first-order chi connectivity index (χ1) is 12.7. The van der Waals surface area contributed by atoms with Crippen LogP contribution in [0.15, 0.2) is 48.5 Å². The predicted molar refractivity (Wildman–Crippen MR) is 112 cm³/mol. The van der Waals surface area contributed by atoms with Gasteiger partial charge in [0.05, 0.1) is 0 Å². The van der Waals surface area contributed by atoms with Crippen LogP contribution in [0.2, 0.25) is 5.02 Å². The molecule has 4 nitrogen and oxygen atoms in total. The second-order valence-corrected chi connectivity index (χ2v) is 7.76. The third-order valence-electron chi connectivity index (χ3n) is 5.71. The minimum Gasteiger partial charge on any atom is -0.350 e. The van der Waals surface area contributed by atoms with Crippen molar-refractivity contribution < 1.29 is 4.79 Å². The summed E-state index contributed by atoms with van der Waals surface area (Å²) in [5.41, 5.74) is 3.59. The number of H-pyrrole nitrogens is 1. The molecule has 0 saturated carbocycles. The molecule has 1 aromatic heterocycles. The second kappa shape index (κ2) is 7.19. The van der Waals surface area contributed by atoms with Gasteiger partial charge in [-0.15, -0.1) is 12.4 Å². The third kappa shape index (κ3) is 3.12. The number of aromatic amines is 1. The number of aromatic nitrogens is 1. The van der Waals surface area contributed by atoms with Crippen LogP contribution in [0.3, 0.4) is 0 Å². The van der Waals surface area contributed by atoms with Crippen molar-refractivity contribution in [2.24, 2.45) is 11.8 Å². The molecule has 2 fully saturated rings. The molecule has 2 aromatic carbocycles. The maximum atomic E-state index is 13.4. The van der Waals surface area contributed by atoms with Gasteiger partial charge in [0, 0.05) is 47.7 Å². The molecule has 0 radical (unpaired) electrons. The van der Waals surface area contributed by atoms with Crippen LogP contribution < -0.4 is 5.32 Å². The fraction of sp³-hybridized carbons (Fsp3) is 0.286. The van der Waals surface area contributed by atoms with E-state index < -0.39 is 0 Å². The number of rotatable bonds is 2. The van der Waals surface area contributed by atoms with E-state index >= 15 is 0 Å². The average molecular weight is 402 g/mol. The maximum absolute atomic E-state index is 13.4. The van der Waals surface area contributed by atoms with Gasteiger partial charge in [-0.2, -0.15) is 0 Å². The van der Waals surface area contributed by atoms with Crippen molar-refractivity contribution in [3.05, 3.63) is 59.2 Å². The van der Waals surface area contributed by atoms with Gasteiger partial charge in [-0.3, -0.25) is 4.79 Å². The summed E-state index contributed by atoms with van der Waals surface area (Å²) in [6, 6.07) is 15.8. The van der Waals surface area contributed by atoms with E-state index in [-0.39, 0.29) is 18.3 Å². The zero-order chi connectivity index (χ0) is 17.7. The molecule has 0 unspecified atom stereocenters. The summed E-state index contributed by atoms with van der Waals surface area (Å²) >= 11 is 6.24. The zero-order valence-corrected chi connectivity index (χ0v) is 16.3. The standard InChI is InChI=1S/C21H20ClN3O.ClH/c22-16-6-7-18-17(8-16)19(13-4-2-1-3-5-13)20(24-18)21(26)25-11-14-9-23-10-15(14)12-25;/h1-8,14-15,23-24H,9-12H2;1H/t14-,15+;. The lowest BCUT2D eigenvalue weighted by Crippen LogP contribution is -2.32. The molecule has 0 spiro atoms. The summed E-state index contributed by atoms with van der Waals surface area (Å²) in [5, 5.41) is 5.10. The van der Waals surface area contributed by atoms with Crippen LogP contribution in [0.1, 0.15) is 10.5 Å². The number of carbonyl (C=O) groups is 1. The van der Waals surface area contributed by atoms with E-state index in [9.17, 15) is 4.79 Å². The number of nitrogens with one attached hydrogen (secondary N) is 2. The highest BCUT2D eigenvalue weighted by atomic mass is 35.5. The van der Waals surface area contributed by atoms with Gasteiger partial charge in [-0.1, -0.05) is 41.9 Å². The van der Waals surface area contributed by atoms with Gasteiger partial charge in [0.1, 0.15) is 5.69 Å². The van der Waals surface area contributed by atoms with Gasteiger partial charge in [0.2, 0.25) is 0 Å². The van der Waals surface area contributed by atoms with Gasteiger partial charge < -0.3 is 15.2 Å². The predicted octanol–water partition coefficient (Wildman–Crippen LogP) is 4.20. The van der Waals surface area contributed by atoms with E-state index in [4.69, 9.17) is 11.6 Å². The quantitative estimate of drug-likeness (QED) is 0.675. The first-order valence-corrected chi connectivity index (χ1v) is 9.45. The van der Waals surface area contributed by atoms with Gasteiger partial charge >= 0.3 is 0 Å². The molecule has 2 N–H and O–H groups in total. The number of likely N-dealkylation sites (tertiary alicyclic amines) is 1. The summed E-state index contributed by atoms with van der Waals surface area (Å²) in [4.78, 5) is 18.7. The van der Waals surface area contributed by atoms with Crippen LogP contribution in [0.25, 0.3) is 22.0 Å². The van der Waals surface area contributed by atoms with Crippen molar-refractivity contribution in [2.75, 3.05) is 26.2 Å². The number of amides is 1. The topological polar surface area (TPSA) is 48.1 Å². The van der Waals surface area contributed by atoms with E-state index in [0.717, 1.165) is 48.2 Å². The maximum Gasteiger partial charge on any atom is 0.270 e. The Morgan fingerprint density at radius 3 is 2.44 bits per heavy atom. The molecule has 5 rings (SSSR count). The first-order valence-electron chi connectivity index (χ1n) is 9.07. The van der Waals surface area contributed by atoms with Crippen molar-refractivity contribution in [1.29, 1.82) is 0 Å². The highest BCUT2D eigenvalue weighted by Crippen LogP contribution is 2.36. The van der Waals surface area contributed by atoms with Crippen LogP contribution in [0.5, 0.6) is 0 Å². The molecular weight excluding hydrogens is 381 g/mol.